The van der Waals surface area contributed by atoms with Gasteiger partial charge in [-0.2, -0.15) is 0 Å². The number of likely N-dealkylation sites (N-methyl/N-ethyl adjacent to an activating group) is 1. The molecule has 0 radical (unpaired) electrons. The zero-order valence-corrected chi connectivity index (χ0v) is 8.03. The third-order valence-corrected chi connectivity index (χ3v) is 2.21. The zero-order chi connectivity index (χ0) is 9.52. The van der Waals surface area contributed by atoms with Crippen LogP contribution < -0.4 is 5.32 Å². The molecule has 0 aliphatic rings. The lowest BCUT2D eigenvalue weighted by Crippen LogP contribution is -2.28. The second kappa shape index (κ2) is 5.73. The fraction of sp³-hybridized carbons (Fsp3) is 0.455. The lowest BCUT2D eigenvalue weighted by molar-refractivity contribution is 0.267. The monoisotopic (exact) mass is 179 g/mol. The highest BCUT2D eigenvalue weighted by Crippen LogP contribution is 2.04. The number of aliphatic hydroxyl groups excluding tert-OH is 1. The number of hydrogen-bond acceptors (Lipinski definition) is 2. The molecule has 2 N–H and O–H groups in total. The van der Waals surface area contributed by atoms with Crippen LogP contribution in [0.3, 0.4) is 0 Å². The summed E-state index contributed by atoms with van der Waals surface area (Å²) in [5.41, 5.74) is 1.32. The first-order valence-corrected chi connectivity index (χ1v) is 4.69. The maximum absolute atomic E-state index is 8.81. The maximum Gasteiger partial charge on any atom is 0.0445 e. The van der Waals surface area contributed by atoms with Gasteiger partial charge < -0.3 is 10.4 Å². The van der Waals surface area contributed by atoms with Crippen molar-refractivity contribution in [2.45, 2.75) is 18.9 Å². The highest BCUT2D eigenvalue weighted by atomic mass is 16.3. The van der Waals surface area contributed by atoms with E-state index in [4.69, 9.17) is 5.11 Å². The molecule has 0 aromatic heterocycles. The highest BCUT2D eigenvalue weighted by Gasteiger charge is 2.05. The molecule has 2 nitrogen and oxygen atoms in total. The van der Waals surface area contributed by atoms with Crippen molar-refractivity contribution in [1.82, 2.24) is 5.32 Å². The molecule has 0 saturated heterocycles. The molecule has 1 rings (SSSR count). The highest BCUT2D eigenvalue weighted by molar-refractivity contribution is 5.15. The van der Waals surface area contributed by atoms with E-state index in [1.54, 1.807) is 0 Å². The standard InChI is InChI=1S/C11H17NO/c1-12-11(7-8-13)9-10-5-3-2-4-6-10/h2-6,11-13H,7-9H2,1H3/t11-/m0/s1. The molecular formula is C11H17NO. The smallest absolute Gasteiger partial charge is 0.0445 e. The Balaban J connectivity index is 2.46. The first kappa shape index (κ1) is 10.2. The van der Waals surface area contributed by atoms with Gasteiger partial charge in [0.2, 0.25) is 0 Å². The Hall–Kier alpha value is -0.860. The predicted octanol–water partition coefficient (Wildman–Crippen LogP) is 1.20. The first-order valence-electron chi connectivity index (χ1n) is 4.69. The molecular weight excluding hydrogens is 162 g/mol. The van der Waals surface area contributed by atoms with E-state index in [1.165, 1.54) is 5.56 Å². The summed E-state index contributed by atoms with van der Waals surface area (Å²) in [6.07, 6.45) is 1.79. The Bertz CT molecular complexity index is 223. The average molecular weight is 179 g/mol. The van der Waals surface area contributed by atoms with Crippen molar-refractivity contribution in [2.24, 2.45) is 0 Å². The van der Waals surface area contributed by atoms with Crippen molar-refractivity contribution < 1.29 is 5.11 Å². The van der Waals surface area contributed by atoms with E-state index in [-0.39, 0.29) is 6.61 Å². The molecule has 1 atom stereocenters. The van der Waals surface area contributed by atoms with Crippen LogP contribution in [0, 0.1) is 0 Å². The van der Waals surface area contributed by atoms with Crippen LogP contribution in [0.5, 0.6) is 0 Å². The molecule has 0 heterocycles. The van der Waals surface area contributed by atoms with Crippen molar-refractivity contribution in [2.75, 3.05) is 13.7 Å². The Morgan fingerprint density at radius 1 is 1.31 bits per heavy atom. The molecule has 72 valence electrons. The van der Waals surface area contributed by atoms with Crippen LogP contribution in [0.25, 0.3) is 0 Å². The lowest BCUT2D eigenvalue weighted by Gasteiger charge is -2.14. The van der Waals surface area contributed by atoms with Gasteiger partial charge >= 0.3 is 0 Å². The maximum atomic E-state index is 8.81. The van der Waals surface area contributed by atoms with Crippen molar-refractivity contribution >= 4 is 0 Å². The summed E-state index contributed by atoms with van der Waals surface area (Å²) in [6, 6.07) is 10.7. The Labute approximate surface area is 79.6 Å². The van der Waals surface area contributed by atoms with Gasteiger partial charge in [0.15, 0.2) is 0 Å². The Morgan fingerprint density at radius 2 is 2.00 bits per heavy atom. The minimum Gasteiger partial charge on any atom is -0.396 e. The van der Waals surface area contributed by atoms with E-state index in [0.29, 0.717) is 6.04 Å². The summed E-state index contributed by atoms with van der Waals surface area (Å²) in [4.78, 5) is 0. The van der Waals surface area contributed by atoms with Crippen molar-refractivity contribution in [3.8, 4) is 0 Å². The summed E-state index contributed by atoms with van der Waals surface area (Å²) in [6.45, 7) is 0.248. The molecule has 1 aromatic rings. The van der Waals surface area contributed by atoms with E-state index in [9.17, 15) is 0 Å². The van der Waals surface area contributed by atoms with Crippen LogP contribution in [0.1, 0.15) is 12.0 Å². The number of benzene rings is 1. The molecule has 0 amide bonds. The molecule has 0 bridgehead atoms. The van der Waals surface area contributed by atoms with Gasteiger partial charge in [-0.15, -0.1) is 0 Å². The van der Waals surface area contributed by atoms with E-state index in [2.05, 4.69) is 17.4 Å². The molecule has 0 aliphatic carbocycles. The Morgan fingerprint density at radius 3 is 2.54 bits per heavy atom. The van der Waals surface area contributed by atoms with Crippen molar-refractivity contribution in [1.29, 1.82) is 0 Å². The van der Waals surface area contributed by atoms with Gasteiger partial charge in [-0.3, -0.25) is 0 Å². The summed E-state index contributed by atoms with van der Waals surface area (Å²) in [7, 11) is 1.93. The molecule has 0 spiro atoms. The van der Waals surface area contributed by atoms with E-state index in [1.807, 2.05) is 25.2 Å². The van der Waals surface area contributed by atoms with Crippen molar-refractivity contribution in [3.05, 3.63) is 35.9 Å². The topological polar surface area (TPSA) is 32.3 Å². The second-order valence-corrected chi connectivity index (χ2v) is 3.19. The average Bonchev–Trinajstić information content (AvgIpc) is 2.19. The number of rotatable bonds is 5. The van der Waals surface area contributed by atoms with E-state index >= 15 is 0 Å². The summed E-state index contributed by atoms with van der Waals surface area (Å²) in [5.74, 6) is 0. The summed E-state index contributed by atoms with van der Waals surface area (Å²) >= 11 is 0. The lowest BCUT2D eigenvalue weighted by atomic mass is 10.0. The van der Waals surface area contributed by atoms with Crippen LogP contribution in [0.4, 0.5) is 0 Å². The minimum absolute atomic E-state index is 0.248. The van der Waals surface area contributed by atoms with Crippen LogP contribution in [-0.2, 0) is 6.42 Å². The third-order valence-electron chi connectivity index (χ3n) is 2.21. The van der Waals surface area contributed by atoms with E-state index in [0.717, 1.165) is 12.8 Å². The SMILES string of the molecule is CN[C@@H](CCO)Cc1ccccc1. The van der Waals surface area contributed by atoms with Gasteiger partial charge in [0, 0.05) is 12.6 Å². The molecule has 1 aromatic carbocycles. The quantitative estimate of drug-likeness (QED) is 0.712. The second-order valence-electron chi connectivity index (χ2n) is 3.19. The van der Waals surface area contributed by atoms with Crippen LogP contribution >= 0.6 is 0 Å². The Kier molecular flexibility index (Phi) is 4.50. The summed E-state index contributed by atoms with van der Waals surface area (Å²) in [5, 5.41) is 12.0. The molecule has 0 saturated carbocycles. The fourth-order valence-corrected chi connectivity index (χ4v) is 1.40. The molecule has 0 unspecified atom stereocenters. The van der Waals surface area contributed by atoms with Gasteiger partial charge in [-0.1, -0.05) is 30.3 Å². The number of nitrogens with one attached hydrogen (secondary N) is 1. The number of aliphatic hydroxyl groups is 1. The van der Waals surface area contributed by atoms with Gasteiger partial charge in [0.25, 0.3) is 0 Å². The molecule has 0 aliphatic heterocycles. The van der Waals surface area contributed by atoms with Gasteiger partial charge in [-0.25, -0.2) is 0 Å². The molecule has 0 fully saturated rings. The molecule has 2 heteroatoms. The third kappa shape index (κ3) is 3.57. The largest absolute Gasteiger partial charge is 0.396 e. The number of hydrogen-bond donors (Lipinski definition) is 2. The van der Waals surface area contributed by atoms with E-state index < -0.39 is 0 Å². The fourth-order valence-electron chi connectivity index (χ4n) is 1.40. The minimum atomic E-state index is 0.248. The van der Waals surface area contributed by atoms with Gasteiger partial charge in [0.05, 0.1) is 0 Å². The van der Waals surface area contributed by atoms with Crippen LogP contribution in [0.2, 0.25) is 0 Å². The zero-order valence-electron chi connectivity index (χ0n) is 8.03. The van der Waals surface area contributed by atoms with Gasteiger partial charge in [-0.05, 0) is 25.5 Å². The van der Waals surface area contributed by atoms with Crippen LogP contribution in [-0.4, -0.2) is 24.8 Å². The normalized spacial score (nSPS) is 12.8. The summed E-state index contributed by atoms with van der Waals surface area (Å²) < 4.78 is 0. The van der Waals surface area contributed by atoms with Crippen molar-refractivity contribution in [3.63, 3.8) is 0 Å². The first-order chi connectivity index (χ1) is 6.36. The van der Waals surface area contributed by atoms with Crippen LogP contribution in [0.15, 0.2) is 30.3 Å². The van der Waals surface area contributed by atoms with Gasteiger partial charge in [0.1, 0.15) is 0 Å². The molecule has 13 heavy (non-hydrogen) atoms. The predicted molar refractivity (Wildman–Crippen MR) is 54.7 cm³/mol.